The van der Waals surface area contributed by atoms with Gasteiger partial charge in [0.1, 0.15) is 71.6 Å². The number of benzene rings is 2. The minimum Gasteiger partial charge on any atom is -0.508 e. The predicted octanol–water partition coefficient (Wildman–Crippen LogP) is -4.33. The lowest BCUT2D eigenvalue weighted by atomic mass is 9.99. The van der Waals surface area contributed by atoms with E-state index in [0.717, 1.165) is 0 Å². The van der Waals surface area contributed by atoms with Gasteiger partial charge in [0.25, 0.3) is 0 Å². The molecule has 1 aliphatic rings. The molecule has 1 fully saturated rings. The van der Waals surface area contributed by atoms with Crippen molar-refractivity contribution in [1.82, 2.24) is 53.2 Å². The van der Waals surface area contributed by atoms with Crippen LogP contribution in [0.25, 0.3) is 0 Å². The number of phenols is 2. The summed E-state index contributed by atoms with van der Waals surface area (Å²) in [6.07, 6.45) is -2.96. The molecule has 18 N–H and O–H groups in total. The second kappa shape index (κ2) is 36.3. The molecule has 484 valence electrons. The molecule has 1 unspecified atom stereocenters. The van der Waals surface area contributed by atoms with Crippen LogP contribution < -0.4 is 64.6 Å². The molecule has 0 radical (unpaired) electrons. The van der Waals surface area contributed by atoms with Gasteiger partial charge in [0.15, 0.2) is 0 Å². The van der Waals surface area contributed by atoms with Gasteiger partial charge in [-0.05, 0) is 84.9 Å². The van der Waals surface area contributed by atoms with Gasteiger partial charge in [0.2, 0.25) is 70.9 Å². The van der Waals surface area contributed by atoms with Crippen molar-refractivity contribution in [2.24, 2.45) is 23.3 Å². The minimum atomic E-state index is -2.40. The van der Waals surface area contributed by atoms with E-state index in [9.17, 15) is 91.8 Å². The van der Waals surface area contributed by atoms with E-state index in [1.165, 1.54) is 74.1 Å². The van der Waals surface area contributed by atoms with Crippen LogP contribution in [-0.2, 0) is 90.8 Å². The Morgan fingerprint density at radius 2 is 0.955 bits per heavy atom. The highest BCUT2D eigenvalue weighted by atomic mass is 32.2. The number of carbonyl (C=O) groups is 14. The topological polar surface area (TPSA) is 509 Å². The third-order valence-electron chi connectivity index (χ3n) is 13.2. The smallest absolute Gasteiger partial charge is 0.303 e. The molecule has 2 aromatic carbocycles. The molecule has 1 saturated heterocycles. The maximum atomic E-state index is 14.4. The van der Waals surface area contributed by atoms with Gasteiger partial charge < -0.3 is 85.1 Å². The van der Waals surface area contributed by atoms with E-state index in [-0.39, 0.29) is 36.5 Å². The molecule has 1 heterocycles. The summed E-state index contributed by atoms with van der Waals surface area (Å²) >= 11 is 1.27. The van der Waals surface area contributed by atoms with Gasteiger partial charge in [-0.15, -0.1) is 0 Å². The van der Waals surface area contributed by atoms with Crippen LogP contribution in [0.5, 0.6) is 11.5 Å². The lowest BCUT2D eigenvalue weighted by molar-refractivity contribution is -0.139. The molecule has 33 heteroatoms. The zero-order valence-electron chi connectivity index (χ0n) is 49.0. The number of primary amides is 2. The van der Waals surface area contributed by atoms with Crippen molar-refractivity contribution in [3.63, 3.8) is 0 Å². The summed E-state index contributed by atoms with van der Waals surface area (Å²) in [6.45, 7) is 5.46. The van der Waals surface area contributed by atoms with Crippen molar-refractivity contribution in [3.8, 4) is 11.5 Å². The Labute approximate surface area is 512 Å². The van der Waals surface area contributed by atoms with Crippen LogP contribution in [-0.4, -0.2) is 192 Å². The zero-order chi connectivity index (χ0) is 65.9. The fraction of sp³-hybridized carbons (Fsp3) is 0.527. The molecule has 2 aromatic rings. The van der Waals surface area contributed by atoms with E-state index in [1.807, 2.05) is 0 Å². The normalized spacial score (nSPS) is 24.1. The van der Waals surface area contributed by atoms with Gasteiger partial charge in [-0.1, -0.05) is 52.0 Å². The standard InChI is InChI=1S/C55H78N12O19S2/c1-27(2)20-36-51(81)64-37(21-29-6-10-31(68)11-7-29)52(82)61-34(15-17-45(75)76)49(79)65-39(23-41(56)70)54(84)67-46(28(3)4)55(85)58-24-42(71)59-35(18-19-87-5)50(80)63-38(22-30-8-12-32(69)13-9-30)53(83)66-40(47(57)77)25-88(86)26-43(72)60-33(48(78)62-36)14-16-44(73)74/h6-13,27-28,33-40,46,68-69H,14-26H2,1-5H3,(H2,56,70)(H2,57,77)(H,58,85)(H,59,71)(H,60,72)(H,61,82)(H,62,78)(H,63,80)(H,64,81)(H,65,79)(H,66,83)(H,67,84)(H,73,74)(H,75,76)/t33-,34-,35-,36-,37-,38-,39-,40-,46-,88?/m0/s1. The monoisotopic (exact) mass is 1270 g/mol. The van der Waals surface area contributed by atoms with E-state index in [2.05, 4.69) is 53.2 Å². The number of nitrogens with two attached hydrogens (primary N) is 2. The Kier molecular flexibility index (Phi) is 30.3. The molecule has 0 bridgehead atoms. The molecule has 0 aromatic heterocycles. The number of nitrogens with one attached hydrogen (secondary N) is 10. The number of amides is 12. The first kappa shape index (κ1) is 73.4. The third kappa shape index (κ3) is 26.4. The van der Waals surface area contributed by atoms with E-state index < -0.39 is 216 Å². The Morgan fingerprint density at radius 1 is 0.545 bits per heavy atom. The fourth-order valence-corrected chi connectivity index (χ4v) is 10.2. The van der Waals surface area contributed by atoms with Gasteiger partial charge in [-0.2, -0.15) is 11.8 Å². The first-order valence-corrected chi connectivity index (χ1v) is 30.6. The maximum absolute atomic E-state index is 14.4. The number of hydrogen-bond donors (Lipinski definition) is 16. The van der Waals surface area contributed by atoms with Crippen molar-refractivity contribution in [2.45, 2.75) is 140 Å². The Morgan fingerprint density at radius 3 is 1.41 bits per heavy atom. The van der Waals surface area contributed by atoms with Crippen molar-refractivity contribution in [3.05, 3.63) is 59.7 Å². The summed E-state index contributed by atoms with van der Waals surface area (Å²) in [5.41, 5.74) is 11.8. The van der Waals surface area contributed by atoms with Crippen LogP contribution in [0.1, 0.15) is 83.8 Å². The van der Waals surface area contributed by atoms with Crippen LogP contribution in [0.2, 0.25) is 0 Å². The van der Waals surface area contributed by atoms with Crippen LogP contribution >= 0.6 is 11.8 Å². The summed E-state index contributed by atoms with van der Waals surface area (Å²) in [5.74, 6) is -19.2. The molecule has 31 nitrogen and oxygen atoms in total. The summed E-state index contributed by atoms with van der Waals surface area (Å²) in [5, 5.41) is 63.1. The van der Waals surface area contributed by atoms with Crippen LogP contribution in [0.4, 0.5) is 0 Å². The van der Waals surface area contributed by atoms with Gasteiger partial charge in [0.05, 0.1) is 18.7 Å². The highest BCUT2D eigenvalue weighted by Crippen LogP contribution is 2.16. The average Bonchev–Trinajstić information content (AvgIpc) is 3.19. The highest BCUT2D eigenvalue weighted by molar-refractivity contribution is 7.98. The molecule has 0 saturated carbocycles. The SMILES string of the molecule is CSCC[C@@H]1NC(=O)CNC(=O)[C@H](C(C)C)NC(=O)[C@H](CC(N)=O)NC(=O)[C@H](CCC(=O)O)NC(=O)[C@H](Cc2ccc(O)cc2)NC(=O)[C@H](CC(C)C)NC(=O)[C@H](CCC(=O)O)NC(=O)CS(=O)C[C@@H](C(N)=O)NC(=O)[C@H](Cc2ccc(O)cc2)NC1=O. The quantitative estimate of drug-likeness (QED) is 0.0632. The van der Waals surface area contributed by atoms with Gasteiger partial charge in [-0.3, -0.25) is 71.3 Å². The van der Waals surface area contributed by atoms with Crippen molar-refractivity contribution in [2.75, 3.05) is 30.1 Å². The van der Waals surface area contributed by atoms with Crippen molar-refractivity contribution < 1.29 is 91.8 Å². The van der Waals surface area contributed by atoms with Gasteiger partial charge in [0, 0.05) is 36.5 Å². The number of carbonyl (C=O) groups excluding carboxylic acids is 12. The molecule has 0 spiro atoms. The Hall–Kier alpha value is -8.88. The summed E-state index contributed by atoms with van der Waals surface area (Å²) in [4.78, 5) is 189. The largest absolute Gasteiger partial charge is 0.508 e. The van der Waals surface area contributed by atoms with Gasteiger partial charge in [-0.25, -0.2) is 0 Å². The number of thioether (sulfide) groups is 1. The summed E-state index contributed by atoms with van der Waals surface area (Å²) < 4.78 is 13.6. The number of hydrogen-bond acceptors (Lipinski definition) is 18. The second-order valence-corrected chi connectivity index (χ2v) is 23.9. The number of carboxylic acid groups (broad SMARTS) is 2. The summed E-state index contributed by atoms with van der Waals surface area (Å²) in [7, 11) is -2.40. The molecule has 0 aliphatic carbocycles. The lowest BCUT2D eigenvalue weighted by Gasteiger charge is -2.28. The molecule has 10 atom stereocenters. The third-order valence-corrected chi connectivity index (χ3v) is 15.1. The Balaban J connectivity index is 2.21. The molecule has 12 amide bonds. The summed E-state index contributed by atoms with van der Waals surface area (Å²) in [6, 6.07) is -4.42. The number of phenolic OH excluding ortho intramolecular Hbond substituents is 2. The van der Waals surface area contributed by atoms with Crippen molar-refractivity contribution >= 4 is 105 Å². The Bertz CT molecular complexity index is 2880. The highest BCUT2D eigenvalue weighted by Gasteiger charge is 2.37. The second-order valence-electron chi connectivity index (χ2n) is 21.4. The first-order valence-electron chi connectivity index (χ1n) is 27.8. The first-order chi connectivity index (χ1) is 41.3. The van der Waals surface area contributed by atoms with Crippen molar-refractivity contribution in [1.29, 1.82) is 0 Å². The van der Waals surface area contributed by atoms with E-state index in [0.29, 0.717) is 11.1 Å². The van der Waals surface area contributed by atoms with E-state index >= 15 is 0 Å². The van der Waals surface area contributed by atoms with Gasteiger partial charge >= 0.3 is 11.9 Å². The number of carboxylic acids is 2. The molecule has 3 rings (SSSR count). The van der Waals surface area contributed by atoms with Crippen LogP contribution in [0.3, 0.4) is 0 Å². The van der Waals surface area contributed by atoms with Crippen LogP contribution in [0, 0.1) is 11.8 Å². The molecule has 88 heavy (non-hydrogen) atoms. The molecule has 1 aliphatic heterocycles. The zero-order valence-corrected chi connectivity index (χ0v) is 50.7. The number of rotatable bonds is 19. The van der Waals surface area contributed by atoms with E-state index in [4.69, 9.17) is 11.5 Å². The lowest BCUT2D eigenvalue weighted by Crippen LogP contribution is -2.61. The minimum absolute atomic E-state index is 0.0591. The molecular weight excluding hydrogens is 1200 g/mol. The van der Waals surface area contributed by atoms with Crippen LogP contribution in [0.15, 0.2) is 48.5 Å². The molecular formula is C55H78N12O19S2. The maximum Gasteiger partial charge on any atom is 0.303 e. The average molecular weight is 1280 g/mol. The number of aromatic hydroxyl groups is 2. The fourth-order valence-electron chi connectivity index (χ4n) is 8.61. The number of aliphatic carboxylic acids is 2. The predicted molar refractivity (Wildman–Crippen MR) is 316 cm³/mol. The van der Waals surface area contributed by atoms with E-state index in [1.54, 1.807) is 20.1 Å².